The molecule has 0 N–H and O–H groups in total. The van der Waals surface area contributed by atoms with E-state index in [1.807, 2.05) is 0 Å². The molecule has 1 radical (unpaired) electrons. The molecule has 0 aromatic carbocycles. The summed E-state index contributed by atoms with van der Waals surface area (Å²) in [5, 5.41) is 0. The van der Waals surface area contributed by atoms with E-state index in [1.165, 1.54) is 0 Å². The molecule has 0 amide bonds. The van der Waals surface area contributed by atoms with E-state index < -0.39 is 16.7 Å². The van der Waals surface area contributed by atoms with Gasteiger partial charge in [0, 0.05) is 17.1 Å². The van der Waals surface area contributed by atoms with Gasteiger partial charge in [0.05, 0.1) is 0 Å². The maximum absolute atomic E-state index is 8.65. The van der Waals surface area contributed by atoms with Crippen LogP contribution in [0.1, 0.15) is 0 Å². The predicted octanol–water partition coefficient (Wildman–Crippen LogP) is -2.62. The molecule has 45 valence electrons. The Kier molecular flexibility index (Phi) is 12.1. The summed E-state index contributed by atoms with van der Waals surface area (Å²) < 4.78 is 34.6. The average Bonchev–Trinajstić information content (AvgIpc) is 0.722. The summed E-state index contributed by atoms with van der Waals surface area (Å²) in [7, 11) is 0. The SMILES string of the molecule is [Fe].[Mn+2].[O]=[W](=[O])([O-])[O-]. The van der Waals surface area contributed by atoms with Crippen molar-refractivity contribution in [3.8, 4) is 0 Å². The monoisotopic (exact) mass is 359 g/mol. The molecular formula is FeMnO4W. The number of hydrogen-bond donors (Lipinski definition) is 0. The van der Waals surface area contributed by atoms with Crippen molar-refractivity contribution in [2.45, 2.75) is 0 Å². The van der Waals surface area contributed by atoms with Crippen LogP contribution in [0.25, 0.3) is 0 Å². The summed E-state index contributed by atoms with van der Waals surface area (Å²) in [6.07, 6.45) is 0. The van der Waals surface area contributed by atoms with E-state index >= 15 is 0 Å². The van der Waals surface area contributed by atoms with Crippen LogP contribution in [0.2, 0.25) is 0 Å². The minimum absolute atomic E-state index is 0. The van der Waals surface area contributed by atoms with Gasteiger partial charge < -0.3 is 0 Å². The summed E-state index contributed by atoms with van der Waals surface area (Å²) in [4.78, 5) is 0. The molecule has 7 heteroatoms. The van der Waals surface area contributed by atoms with Crippen molar-refractivity contribution in [1.29, 1.82) is 0 Å². The van der Waals surface area contributed by atoms with Crippen LogP contribution in [0.5, 0.6) is 0 Å². The normalized spacial score (nSPS) is 8.29. The van der Waals surface area contributed by atoms with Crippen LogP contribution in [0.15, 0.2) is 0 Å². The second-order valence-corrected chi connectivity index (χ2v) is 3.34. The van der Waals surface area contributed by atoms with E-state index in [1.54, 1.807) is 0 Å². The Balaban J connectivity index is -0.0000000800. The van der Waals surface area contributed by atoms with Gasteiger partial charge in [-0.25, -0.2) is 0 Å². The van der Waals surface area contributed by atoms with Crippen LogP contribution in [0, 0.1) is 0 Å². The molecule has 4 nitrogen and oxygen atoms in total. The zero-order valence-electron chi connectivity index (χ0n) is 2.77. The fraction of sp³-hybridized carbons (Fsp3) is 0. The summed E-state index contributed by atoms with van der Waals surface area (Å²) in [5.41, 5.74) is 0. The van der Waals surface area contributed by atoms with Gasteiger partial charge in [-0.2, -0.15) is 0 Å². The molecule has 0 rings (SSSR count). The van der Waals surface area contributed by atoms with Crippen LogP contribution < -0.4 is 7.52 Å². The zero-order valence-corrected chi connectivity index (χ0v) is 7.99. The zero-order chi connectivity index (χ0) is 4.50. The molecule has 0 atom stereocenters. The topological polar surface area (TPSA) is 80.3 Å². The Hall–Kier alpha value is 1.25. The van der Waals surface area contributed by atoms with Crippen molar-refractivity contribution in [1.82, 2.24) is 0 Å². The second kappa shape index (κ2) is 5.39. The van der Waals surface area contributed by atoms with E-state index in [0.29, 0.717) is 0 Å². The molecule has 0 bridgehead atoms. The quantitative estimate of drug-likeness (QED) is 0.444. The Labute approximate surface area is 65.0 Å². The van der Waals surface area contributed by atoms with E-state index in [-0.39, 0.29) is 34.1 Å². The van der Waals surface area contributed by atoms with Crippen LogP contribution in [-0.2, 0) is 57.7 Å². The molecule has 0 spiro atoms. The average molecular weight is 359 g/mol. The van der Waals surface area contributed by atoms with Crippen LogP contribution >= 0.6 is 0 Å². The van der Waals surface area contributed by atoms with E-state index in [2.05, 4.69) is 0 Å². The first-order valence-electron chi connectivity index (χ1n) is 0.667. The molecule has 0 saturated carbocycles. The fourth-order valence-electron chi connectivity index (χ4n) is 0. The summed E-state index contributed by atoms with van der Waals surface area (Å²) in [5.74, 6) is 0. The molecule has 0 fully saturated rings. The number of rotatable bonds is 0. The first-order chi connectivity index (χ1) is 2.00. The molecule has 0 unspecified atom stereocenters. The van der Waals surface area contributed by atoms with E-state index in [4.69, 9.17) is 14.3 Å². The van der Waals surface area contributed by atoms with Gasteiger partial charge in [0.25, 0.3) is 0 Å². The van der Waals surface area contributed by atoms with E-state index in [9.17, 15) is 0 Å². The van der Waals surface area contributed by atoms with Crippen LogP contribution in [-0.4, -0.2) is 0 Å². The molecule has 0 aliphatic carbocycles. The van der Waals surface area contributed by atoms with Gasteiger partial charge in [0.2, 0.25) is 0 Å². The van der Waals surface area contributed by atoms with Gasteiger partial charge in [0.1, 0.15) is 0 Å². The Morgan fingerprint density at radius 2 is 1.14 bits per heavy atom. The van der Waals surface area contributed by atoms with E-state index in [0.717, 1.165) is 0 Å². The third-order valence-electron chi connectivity index (χ3n) is 0. The van der Waals surface area contributed by atoms with Crippen LogP contribution in [0.3, 0.4) is 0 Å². The standard InChI is InChI=1S/Fe.Mn.4O.W/q;+2;;;2*-1;. The third kappa shape index (κ3) is 128. The van der Waals surface area contributed by atoms with Gasteiger partial charge in [-0.3, -0.25) is 0 Å². The Morgan fingerprint density at radius 3 is 1.14 bits per heavy atom. The molecule has 0 aromatic heterocycles. The van der Waals surface area contributed by atoms with Crippen molar-refractivity contribution in [2.75, 3.05) is 0 Å². The third-order valence-corrected chi connectivity index (χ3v) is 0. The summed E-state index contributed by atoms with van der Waals surface area (Å²) >= 11 is -6.17. The minimum atomic E-state index is -6.17. The van der Waals surface area contributed by atoms with Crippen molar-refractivity contribution in [3.05, 3.63) is 0 Å². The summed E-state index contributed by atoms with van der Waals surface area (Å²) in [6, 6.07) is 0. The van der Waals surface area contributed by atoms with Crippen LogP contribution in [0.4, 0.5) is 0 Å². The second-order valence-electron chi connectivity index (χ2n) is 0.408. The van der Waals surface area contributed by atoms with Crippen molar-refractivity contribution in [3.63, 3.8) is 0 Å². The van der Waals surface area contributed by atoms with Gasteiger partial charge in [-0.1, -0.05) is 0 Å². The predicted molar refractivity (Wildman–Crippen MR) is 1.37 cm³/mol. The molecule has 0 aliphatic rings. The molecule has 7 heavy (non-hydrogen) atoms. The molecular weight excluding hydrogens is 359 g/mol. The molecule has 0 aliphatic heterocycles. The fourth-order valence-corrected chi connectivity index (χ4v) is 0. The maximum atomic E-state index is 8.65. The molecule has 0 aromatic rings. The van der Waals surface area contributed by atoms with Gasteiger partial charge in [-0.05, 0) is 0 Å². The van der Waals surface area contributed by atoms with Gasteiger partial charge >= 0.3 is 48.1 Å². The van der Waals surface area contributed by atoms with Gasteiger partial charge in [-0.15, -0.1) is 0 Å². The van der Waals surface area contributed by atoms with Gasteiger partial charge in [0.15, 0.2) is 0 Å². The Bertz CT molecular complexity index is 94.9. The van der Waals surface area contributed by atoms with Crippen molar-refractivity contribution >= 4 is 0 Å². The first-order valence-corrected chi connectivity index (χ1v) is 5.46. The summed E-state index contributed by atoms with van der Waals surface area (Å²) in [6.45, 7) is 0. The van der Waals surface area contributed by atoms with Crippen molar-refractivity contribution < 1.29 is 65.2 Å². The molecule has 0 heterocycles. The van der Waals surface area contributed by atoms with Crippen molar-refractivity contribution in [2.24, 2.45) is 0 Å². The Morgan fingerprint density at radius 1 is 1.14 bits per heavy atom. The first kappa shape index (κ1) is 15.7. The molecule has 0 saturated heterocycles. The number of hydrogen-bond acceptors (Lipinski definition) is 4.